The Kier molecular flexibility index (Phi) is 14.2. The number of nitrogens with one attached hydrogen (secondary N) is 4. The van der Waals surface area contributed by atoms with Crippen LogP contribution in [-0.2, 0) is 30.3 Å². The van der Waals surface area contributed by atoms with Gasteiger partial charge in [-0.2, -0.15) is 0 Å². The molecule has 2 fully saturated rings. The van der Waals surface area contributed by atoms with Gasteiger partial charge in [-0.3, -0.25) is 19.2 Å². The molecule has 11 heteroatoms. The summed E-state index contributed by atoms with van der Waals surface area (Å²) in [4.78, 5) is 55.8. The number of hydrogen-bond acceptors (Lipinski definition) is 7. The van der Waals surface area contributed by atoms with Crippen molar-refractivity contribution < 1.29 is 23.9 Å². The summed E-state index contributed by atoms with van der Waals surface area (Å²) in [6.45, 7) is 6.38. The number of hydrogen-bond donors (Lipinski definition) is 5. The lowest BCUT2D eigenvalue weighted by atomic mass is 10.00. The molecule has 256 valence electrons. The summed E-state index contributed by atoms with van der Waals surface area (Å²) < 4.78 is 5.40. The highest BCUT2D eigenvalue weighted by Crippen LogP contribution is 2.40. The van der Waals surface area contributed by atoms with Gasteiger partial charge in [0.15, 0.2) is 0 Å². The van der Waals surface area contributed by atoms with E-state index in [1.54, 1.807) is 4.90 Å². The van der Waals surface area contributed by atoms with Crippen LogP contribution in [-0.4, -0.2) is 92.1 Å². The highest BCUT2D eigenvalue weighted by molar-refractivity contribution is 5.94. The maximum atomic E-state index is 13.8. The standard InChI is InChI=1S/C36H52N6O5/c1-25(2)21-31(34(44)40-29(15-9-10-16-37)36(46)42-17-19-47-20-18-42)41-35(45)32(22-26-11-5-3-6-12-26)39-33(43)24-38-30-23-28(30)27-13-7-4-8-14-27/h3-8,11-14,25,28-32,38H,9-10,15-24,37H2,1-2H3,(H,39,43)(H,40,44)(H,41,45)/t28-,29-,30+,31-,32-/m1/s1. The normalized spacial score (nSPS) is 19.4. The third kappa shape index (κ3) is 11.7. The number of unbranched alkanes of at least 4 members (excludes halogenated alkanes) is 1. The van der Waals surface area contributed by atoms with E-state index in [1.165, 1.54) is 5.56 Å². The van der Waals surface area contributed by atoms with Crippen LogP contribution in [0.15, 0.2) is 60.7 Å². The lowest BCUT2D eigenvalue weighted by Gasteiger charge is -2.32. The van der Waals surface area contributed by atoms with E-state index in [0.717, 1.165) is 18.4 Å². The third-order valence-corrected chi connectivity index (χ3v) is 8.70. The van der Waals surface area contributed by atoms with Gasteiger partial charge in [-0.05, 0) is 55.7 Å². The number of nitrogens with zero attached hydrogens (tertiary/aromatic N) is 1. The average Bonchev–Trinajstić information content (AvgIpc) is 3.87. The molecule has 0 aromatic heterocycles. The lowest BCUT2D eigenvalue weighted by Crippen LogP contribution is -2.58. The SMILES string of the molecule is CC(C)C[C@@H](NC(=O)[C@@H](Cc1ccccc1)NC(=O)CN[C@H]1C[C@@H]1c1ccccc1)C(=O)N[C@H](CCCCN)C(=O)N1CCOCC1. The Balaban J connectivity index is 1.41. The van der Waals surface area contributed by atoms with Crippen LogP contribution >= 0.6 is 0 Å². The van der Waals surface area contributed by atoms with E-state index in [9.17, 15) is 19.2 Å². The van der Waals surface area contributed by atoms with Gasteiger partial charge in [-0.25, -0.2) is 0 Å². The summed E-state index contributed by atoms with van der Waals surface area (Å²) in [7, 11) is 0. The summed E-state index contributed by atoms with van der Waals surface area (Å²) >= 11 is 0. The molecule has 4 amide bonds. The number of amides is 4. The molecule has 1 saturated heterocycles. The maximum absolute atomic E-state index is 13.8. The molecule has 0 spiro atoms. The number of carbonyl (C=O) groups excluding carboxylic acids is 4. The van der Waals surface area contributed by atoms with E-state index in [4.69, 9.17) is 10.5 Å². The summed E-state index contributed by atoms with van der Waals surface area (Å²) in [6, 6.07) is 17.4. The van der Waals surface area contributed by atoms with E-state index >= 15 is 0 Å². The molecule has 1 saturated carbocycles. The minimum atomic E-state index is -0.895. The fraction of sp³-hybridized carbons (Fsp3) is 0.556. The van der Waals surface area contributed by atoms with Crippen molar-refractivity contribution in [1.29, 1.82) is 0 Å². The number of rotatable bonds is 18. The van der Waals surface area contributed by atoms with Crippen LogP contribution in [0, 0.1) is 5.92 Å². The van der Waals surface area contributed by atoms with E-state index in [2.05, 4.69) is 33.4 Å². The molecule has 2 aliphatic rings. The van der Waals surface area contributed by atoms with E-state index < -0.39 is 29.9 Å². The molecule has 5 atom stereocenters. The first kappa shape index (κ1) is 36.0. The lowest BCUT2D eigenvalue weighted by molar-refractivity contribution is -0.141. The van der Waals surface area contributed by atoms with Crippen LogP contribution in [0.3, 0.4) is 0 Å². The highest BCUT2D eigenvalue weighted by atomic mass is 16.5. The molecule has 47 heavy (non-hydrogen) atoms. The quantitative estimate of drug-likeness (QED) is 0.155. The van der Waals surface area contributed by atoms with Crippen molar-refractivity contribution in [3.63, 3.8) is 0 Å². The predicted octanol–water partition coefficient (Wildman–Crippen LogP) is 1.86. The van der Waals surface area contributed by atoms with Crippen molar-refractivity contribution in [3.05, 3.63) is 71.8 Å². The summed E-state index contributed by atoms with van der Waals surface area (Å²) in [6.07, 6.45) is 3.46. The van der Waals surface area contributed by atoms with Crippen molar-refractivity contribution in [1.82, 2.24) is 26.2 Å². The van der Waals surface area contributed by atoms with E-state index in [0.29, 0.717) is 58.0 Å². The van der Waals surface area contributed by atoms with Crippen LogP contribution in [0.4, 0.5) is 0 Å². The zero-order valence-electron chi connectivity index (χ0n) is 27.8. The molecule has 4 rings (SSSR count). The van der Waals surface area contributed by atoms with Crippen LogP contribution in [0.5, 0.6) is 0 Å². The Hall–Kier alpha value is -3.80. The smallest absolute Gasteiger partial charge is 0.245 e. The van der Waals surface area contributed by atoms with Gasteiger partial charge in [0.2, 0.25) is 23.6 Å². The number of carbonyl (C=O) groups is 4. The Labute approximate surface area is 278 Å². The molecule has 0 unspecified atom stereocenters. The Morgan fingerprint density at radius 1 is 0.851 bits per heavy atom. The van der Waals surface area contributed by atoms with Gasteiger partial charge in [0.1, 0.15) is 18.1 Å². The molecular weight excluding hydrogens is 596 g/mol. The maximum Gasteiger partial charge on any atom is 0.245 e. The van der Waals surface area contributed by atoms with Crippen molar-refractivity contribution >= 4 is 23.6 Å². The van der Waals surface area contributed by atoms with E-state index in [-0.39, 0.29) is 36.7 Å². The zero-order valence-corrected chi connectivity index (χ0v) is 27.8. The second-order valence-corrected chi connectivity index (χ2v) is 13.0. The van der Waals surface area contributed by atoms with Crippen LogP contribution in [0.25, 0.3) is 0 Å². The first-order valence-corrected chi connectivity index (χ1v) is 17.0. The fourth-order valence-corrected chi connectivity index (χ4v) is 6.02. The first-order chi connectivity index (χ1) is 22.7. The fourth-order valence-electron chi connectivity index (χ4n) is 6.02. The minimum absolute atomic E-state index is 0.0800. The van der Waals surface area contributed by atoms with Gasteiger partial charge in [0, 0.05) is 31.5 Å². The zero-order chi connectivity index (χ0) is 33.6. The average molecular weight is 649 g/mol. The van der Waals surface area contributed by atoms with Crippen molar-refractivity contribution in [3.8, 4) is 0 Å². The molecule has 11 nitrogen and oxygen atoms in total. The van der Waals surface area contributed by atoms with Crippen molar-refractivity contribution in [2.75, 3.05) is 39.4 Å². The summed E-state index contributed by atoms with van der Waals surface area (Å²) in [5.41, 5.74) is 7.82. The first-order valence-electron chi connectivity index (χ1n) is 17.0. The van der Waals surface area contributed by atoms with Crippen LogP contribution < -0.4 is 27.0 Å². The van der Waals surface area contributed by atoms with Gasteiger partial charge in [0.25, 0.3) is 0 Å². The van der Waals surface area contributed by atoms with Gasteiger partial charge < -0.3 is 36.6 Å². The number of ether oxygens (including phenoxy) is 1. The second kappa shape index (κ2) is 18.5. The second-order valence-electron chi connectivity index (χ2n) is 13.0. The Bertz CT molecular complexity index is 1290. The van der Waals surface area contributed by atoms with E-state index in [1.807, 2.05) is 62.4 Å². The summed E-state index contributed by atoms with van der Waals surface area (Å²) in [5, 5.41) is 12.1. The molecule has 1 aliphatic heterocycles. The molecule has 2 aromatic rings. The molecule has 6 N–H and O–H groups in total. The molecular formula is C36H52N6O5. The monoisotopic (exact) mass is 648 g/mol. The largest absolute Gasteiger partial charge is 0.378 e. The van der Waals surface area contributed by atoms with Crippen molar-refractivity contribution in [2.45, 2.75) is 82.5 Å². The Morgan fingerprint density at radius 2 is 1.49 bits per heavy atom. The van der Waals surface area contributed by atoms with Crippen LogP contribution in [0.1, 0.15) is 63.0 Å². The number of morpholine rings is 1. The topological polar surface area (TPSA) is 155 Å². The minimum Gasteiger partial charge on any atom is -0.378 e. The number of benzene rings is 2. The van der Waals surface area contributed by atoms with Crippen molar-refractivity contribution in [2.24, 2.45) is 11.7 Å². The molecule has 1 aliphatic carbocycles. The Morgan fingerprint density at radius 3 is 2.15 bits per heavy atom. The van der Waals surface area contributed by atoms with Gasteiger partial charge in [-0.1, -0.05) is 74.5 Å². The highest BCUT2D eigenvalue weighted by Gasteiger charge is 2.38. The van der Waals surface area contributed by atoms with Gasteiger partial charge in [-0.15, -0.1) is 0 Å². The molecule has 0 radical (unpaired) electrons. The summed E-state index contributed by atoms with van der Waals surface area (Å²) in [5.74, 6) is -0.855. The molecule has 0 bridgehead atoms. The predicted molar refractivity (Wildman–Crippen MR) is 181 cm³/mol. The molecule has 2 aromatic carbocycles. The molecule has 1 heterocycles. The van der Waals surface area contributed by atoms with Gasteiger partial charge in [0.05, 0.1) is 19.8 Å². The van der Waals surface area contributed by atoms with Gasteiger partial charge >= 0.3 is 0 Å². The number of nitrogens with two attached hydrogens (primary N) is 1. The van der Waals surface area contributed by atoms with Crippen LogP contribution in [0.2, 0.25) is 0 Å². The third-order valence-electron chi connectivity index (χ3n) is 8.70.